The minimum Gasteiger partial charge on any atom is -0.495 e. The Bertz CT molecular complexity index is 322. The lowest BCUT2D eigenvalue weighted by Gasteiger charge is -2.19. The average molecular weight is 197 g/mol. The van der Waals surface area contributed by atoms with E-state index in [-0.39, 0.29) is 0 Å². The molecule has 1 aromatic heterocycles. The molecule has 0 saturated carbocycles. The van der Waals surface area contributed by atoms with Crippen LogP contribution in [0.3, 0.4) is 0 Å². The van der Waals surface area contributed by atoms with Gasteiger partial charge in [-0.2, -0.15) is 0 Å². The Labute approximate surface area is 83.4 Å². The molecule has 0 atom stereocenters. The van der Waals surface area contributed by atoms with Crippen LogP contribution in [0.15, 0.2) is 18.5 Å². The van der Waals surface area contributed by atoms with E-state index < -0.39 is 11.7 Å². The Kier molecular flexibility index (Phi) is 2.84. The van der Waals surface area contributed by atoms with Crippen molar-refractivity contribution in [1.82, 2.24) is 4.57 Å². The van der Waals surface area contributed by atoms with E-state index in [1.165, 1.54) is 4.57 Å². The Morgan fingerprint density at radius 2 is 2.07 bits per heavy atom. The maximum atomic E-state index is 11.5. The highest BCUT2D eigenvalue weighted by atomic mass is 16.6. The summed E-state index contributed by atoms with van der Waals surface area (Å²) in [6.45, 7) is 5.48. The standard InChI is InChI=1S/C10H15NO3/c1-10(2,3)14-9(12)11-6-5-8(7-11)13-4/h5-7H,1-4H3. The second-order valence-corrected chi connectivity index (χ2v) is 3.94. The predicted molar refractivity (Wildman–Crippen MR) is 52.6 cm³/mol. The third-order valence-corrected chi connectivity index (χ3v) is 1.51. The largest absolute Gasteiger partial charge is 0.495 e. The summed E-state index contributed by atoms with van der Waals surface area (Å²) in [6, 6.07) is 1.70. The van der Waals surface area contributed by atoms with Crippen LogP contribution in [-0.4, -0.2) is 23.4 Å². The molecule has 14 heavy (non-hydrogen) atoms. The number of carbonyl (C=O) groups excluding carboxylic acids is 1. The van der Waals surface area contributed by atoms with E-state index in [1.54, 1.807) is 25.6 Å². The normalized spacial score (nSPS) is 11.1. The molecule has 0 radical (unpaired) electrons. The molecule has 0 spiro atoms. The van der Waals surface area contributed by atoms with Gasteiger partial charge in [-0.3, -0.25) is 4.57 Å². The number of hydrogen-bond acceptors (Lipinski definition) is 3. The van der Waals surface area contributed by atoms with E-state index in [0.717, 1.165) is 0 Å². The van der Waals surface area contributed by atoms with Crippen molar-refractivity contribution in [3.05, 3.63) is 18.5 Å². The summed E-state index contributed by atoms with van der Waals surface area (Å²) in [5.74, 6) is 0.635. The van der Waals surface area contributed by atoms with Gasteiger partial charge in [0.15, 0.2) is 0 Å². The zero-order chi connectivity index (χ0) is 10.8. The molecule has 0 bridgehead atoms. The molecule has 1 heterocycles. The first-order valence-corrected chi connectivity index (χ1v) is 4.38. The van der Waals surface area contributed by atoms with E-state index in [1.807, 2.05) is 20.8 Å². The molecule has 0 fully saturated rings. The average Bonchev–Trinajstić information content (AvgIpc) is 2.48. The maximum Gasteiger partial charge on any atom is 0.418 e. The Hall–Kier alpha value is -1.45. The Balaban J connectivity index is 2.70. The van der Waals surface area contributed by atoms with Crippen molar-refractivity contribution >= 4 is 6.09 Å². The van der Waals surface area contributed by atoms with Crippen molar-refractivity contribution in [2.24, 2.45) is 0 Å². The molecule has 0 aliphatic rings. The predicted octanol–water partition coefficient (Wildman–Crippen LogP) is 2.28. The molecule has 0 amide bonds. The van der Waals surface area contributed by atoms with Gasteiger partial charge in [0.2, 0.25) is 0 Å². The molecule has 0 aliphatic heterocycles. The van der Waals surface area contributed by atoms with Crippen molar-refractivity contribution in [2.45, 2.75) is 26.4 Å². The summed E-state index contributed by atoms with van der Waals surface area (Å²) in [5, 5.41) is 0. The summed E-state index contributed by atoms with van der Waals surface area (Å²) in [4.78, 5) is 11.5. The van der Waals surface area contributed by atoms with Gasteiger partial charge in [0.25, 0.3) is 0 Å². The van der Waals surface area contributed by atoms with Crippen molar-refractivity contribution < 1.29 is 14.3 Å². The minimum absolute atomic E-state index is 0.402. The van der Waals surface area contributed by atoms with Crippen LogP contribution in [0.2, 0.25) is 0 Å². The first-order valence-electron chi connectivity index (χ1n) is 4.38. The van der Waals surface area contributed by atoms with E-state index >= 15 is 0 Å². The van der Waals surface area contributed by atoms with Gasteiger partial charge in [-0.15, -0.1) is 0 Å². The maximum absolute atomic E-state index is 11.5. The van der Waals surface area contributed by atoms with Crippen LogP contribution in [0, 0.1) is 0 Å². The van der Waals surface area contributed by atoms with E-state index in [4.69, 9.17) is 9.47 Å². The van der Waals surface area contributed by atoms with Crippen LogP contribution in [0.4, 0.5) is 4.79 Å². The number of carbonyl (C=O) groups is 1. The van der Waals surface area contributed by atoms with Crippen LogP contribution >= 0.6 is 0 Å². The van der Waals surface area contributed by atoms with Crippen LogP contribution in [-0.2, 0) is 4.74 Å². The zero-order valence-electron chi connectivity index (χ0n) is 8.90. The van der Waals surface area contributed by atoms with Crippen molar-refractivity contribution in [2.75, 3.05) is 7.11 Å². The number of hydrogen-bond donors (Lipinski definition) is 0. The lowest BCUT2D eigenvalue weighted by atomic mass is 10.2. The molecule has 0 N–H and O–H groups in total. The number of aromatic nitrogens is 1. The number of nitrogens with zero attached hydrogens (tertiary/aromatic N) is 1. The third kappa shape index (κ3) is 2.80. The topological polar surface area (TPSA) is 40.5 Å². The van der Waals surface area contributed by atoms with Gasteiger partial charge in [0.05, 0.1) is 13.3 Å². The van der Waals surface area contributed by atoms with Gasteiger partial charge in [-0.05, 0) is 26.8 Å². The van der Waals surface area contributed by atoms with Gasteiger partial charge in [-0.25, -0.2) is 4.79 Å². The highest BCUT2D eigenvalue weighted by molar-refractivity contribution is 5.71. The summed E-state index contributed by atoms with van der Waals surface area (Å²) in [7, 11) is 1.55. The quantitative estimate of drug-likeness (QED) is 0.693. The molecule has 4 heteroatoms. The van der Waals surface area contributed by atoms with Gasteiger partial charge < -0.3 is 9.47 Å². The van der Waals surface area contributed by atoms with Crippen molar-refractivity contribution in [3.8, 4) is 5.75 Å². The monoisotopic (exact) mass is 197 g/mol. The third-order valence-electron chi connectivity index (χ3n) is 1.51. The summed E-state index contributed by atoms with van der Waals surface area (Å²) < 4.78 is 11.4. The molecule has 1 aromatic rings. The van der Waals surface area contributed by atoms with Crippen molar-refractivity contribution in [1.29, 1.82) is 0 Å². The fraction of sp³-hybridized carbons (Fsp3) is 0.500. The Morgan fingerprint density at radius 3 is 2.50 bits per heavy atom. The first kappa shape index (κ1) is 10.6. The number of rotatable bonds is 1. The van der Waals surface area contributed by atoms with Crippen LogP contribution in [0.5, 0.6) is 5.75 Å². The highest BCUT2D eigenvalue weighted by Gasteiger charge is 2.17. The molecule has 0 aliphatic carbocycles. The van der Waals surface area contributed by atoms with Gasteiger partial charge >= 0.3 is 6.09 Å². The first-order chi connectivity index (χ1) is 6.42. The molecule has 0 saturated heterocycles. The van der Waals surface area contributed by atoms with Gasteiger partial charge in [0.1, 0.15) is 11.4 Å². The molecule has 78 valence electrons. The molecule has 0 aromatic carbocycles. The van der Waals surface area contributed by atoms with Crippen molar-refractivity contribution in [3.63, 3.8) is 0 Å². The van der Waals surface area contributed by atoms with Crippen LogP contribution in [0.25, 0.3) is 0 Å². The minimum atomic E-state index is -0.478. The second kappa shape index (κ2) is 3.74. The lowest BCUT2D eigenvalue weighted by molar-refractivity contribution is 0.0536. The summed E-state index contributed by atoms with van der Waals surface area (Å²) in [6.07, 6.45) is 2.78. The highest BCUT2D eigenvalue weighted by Crippen LogP contribution is 2.13. The van der Waals surface area contributed by atoms with Crippen LogP contribution in [0.1, 0.15) is 20.8 Å². The molecule has 0 unspecified atom stereocenters. The fourth-order valence-electron chi connectivity index (χ4n) is 0.926. The SMILES string of the molecule is COc1ccn(C(=O)OC(C)(C)C)c1. The zero-order valence-corrected chi connectivity index (χ0v) is 8.90. The lowest BCUT2D eigenvalue weighted by Crippen LogP contribution is -2.26. The van der Waals surface area contributed by atoms with E-state index in [9.17, 15) is 4.79 Å². The summed E-state index contributed by atoms with van der Waals surface area (Å²) >= 11 is 0. The summed E-state index contributed by atoms with van der Waals surface area (Å²) in [5.41, 5.74) is -0.478. The number of methoxy groups -OCH3 is 1. The van der Waals surface area contributed by atoms with Gasteiger partial charge in [0, 0.05) is 6.20 Å². The number of ether oxygens (including phenoxy) is 2. The van der Waals surface area contributed by atoms with Crippen LogP contribution < -0.4 is 4.74 Å². The Morgan fingerprint density at radius 1 is 1.43 bits per heavy atom. The molecule has 4 nitrogen and oxygen atoms in total. The molecule has 1 rings (SSSR count). The molecular formula is C10H15NO3. The van der Waals surface area contributed by atoms with E-state index in [2.05, 4.69) is 0 Å². The fourth-order valence-corrected chi connectivity index (χ4v) is 0.926. The van der Waals surface area contributed by atoms with E-state index in [0.29, 0.717) is 5.75 Å². The second-order valence-electron chi connectivity index (χ2n) is 3.94. The smallest absolute Gasteiger partial charge is 0.418 e. The molecular weight excluding hydrogens is 182 g/mol. The van der Waals surface area contributed by atoms with Gasteiger partial charge in [-0.1, -0.05) is 0 Å².